The van der Waals surface area contributed by atoms with Crippen molar-refractivity contribution in [3.8, 4) is 0 Å². The first-order valence-electron chi connectivity index (χ1n) is 2.69. The first kappa shape index (κ1) is 10.3. The molecule has 4 nitrogen and oxygen atoms in total. The van der Waals surface area contributed by atoms with E-state index in [9.17, 15) is 8.42 Å². The van der Waals surface area contributed by atoms with Gasteiger partial charge in [0.05, 0.1) is 6.10 Å². The Morgan fingerprint density at radius 2 is 2.20 bits per heavy atom. The topological polar surface area (TPSA) is 66.4 Å². The van der Waals surface area contributed by atoms with E-state index in [1.54, 1.807) is 0 Å². The van der Waals surface area contributed by atoms with E-state index >= 15 is 0 Å². The molecule has 0 saturated heterocycles. The molecule has 0 aliphatic rings. The largest absolute Gasteiger partial charge is 0.392 e. The van der Waals surface area contributed by atoms with Crippen LogP contribution in [0.5, 0.6) is 0 Å². The van der Waals surface area contributed by atoms with E-state index in [0.717, 1.165) is 0 Å². The van der Waals surface area contributed by atoms with Gasteiger partial charge in [-0.3, -0.25) is 0 Å². The number of sulfonamides is 1. The summed E-state index contributed by atoms with van der Waals surface area (Å²) in [5.41, 5.74) is 0. The molecular formula is C4H10BrNO3S. The third kappa shape index (κ3) is 5.16. The molecule has 0 aromatic rings. The maximum atomic E-state index is 10.6. The molecule has 6 heteroatoms. The molecule has 0 aromatic carbocycles. The Balaban J connectivity index is 3.70. The van der Waals surface area contributed by atoms with Gasteiger partial charge < -0.3 is 5.11 Å². The summed E-state index contributed by atoms with van der Waals surface area (Å²) < 4.78 is 23.3. The maximum absolute atomic E-state index is 10.6. The Hall–Kier alpha value is 0.350. The van der Waals surface area contributed by atoms with Gasteiger partial charge in [-0.2, -0.15) is 0 Å². The van der Waals surface area contributed by atoms with Crippen LogP contribution in [-0.2, 0) is 10.0 Å². The minimum atomic E-state index is -3.21. The van der Waals surface area contributed by atoms with Crippen molar-refractivity contribution in [2.45, 2.75) is 13.0 Å². The van der Waals surface area contributed by atoms with Gasteiger partial charge in [-0.05, 0) is 6.92 Å². The Kier molecular flexibility index (Phi) is 4.42. The average molecular weight is 232 g/mol. The van der Waals surface area contributed by atoms with Gasteiger partial charge in [0.25, 0.3) is 0 Å². The summed E-state index contributed by atoms with van der Waals surface area (Å²) in [6.45, 7) is 1.57. The summed E-state index contributed by atoms with van der Waals surface area (Å²) in [5.74, 6) is 0. The number of alkyl halides is 1. The van der Waals surface area contributed by atoms with Crippen molar-refractivity contribution in [2.24, 2.45) is 0 Å². The zero-order chi connectivity index (χ0) is 8.20. The lowest BCUT2D eigenvalue weighted by atomic mass is 10.4. The lowest BCUT2D eigenvalue weighted by Crippen LogP contribution is -2.31. The van der Waals surface area contributed by atoms with E-state index in [4.69, 9.17) is 5.11 Å². The fourth-order valence-electron chi connectivity index (χ4n) is 0.286. The van der Waals surface area contributed by atoms with E-state index in [2.05, 4.69) is 20.7 Å². The van der Waals surface area contributed by atoms with E-state index in [0.29, 0.717) is 0 Å². The molecular weight excluding hydrogens is 222 g/mol. The normalized spacial score (nSPS) is 15.1. The van der Waals surface area contributed by atoms with Gasteiger partial charge in [-0.15, -0.1) is 0 Å². The Bertz CT molecular complexity index is 177. The van der Waals surface area contributed by atoms with E-state index in [1.165, 1.54) is 6.92 Å². The summed E-state index contributed by atoms with van der Waals surface area (Å²) in [6, 6.07) is 0. The molecule has 0 unspecified atom stereocenters. The number of aliphatic hydroxyl groups is 1. The average Bonchev–Trinajstić information content (AvgIpc) is 1.85. The Morgan fingerprint density at radius 3 is 2.50 bits per heavy atom. The van der Waals surface area contributed by atoms with Crippen LogP contribution in [0.2, 0.25) is 0 Å². The number of hydrogen-bond donors (Lipinski definition) is 2. The zero-order valence-electron chi connectivity index (χ0n) is 5.54. The van der Waals surface area contributed by atoms with Gasteiger partial charge >= 0.3 is 0 Å². The summed E-state index contributed by atoms with van der Waals surface area (Å²) in [6.07, 6.45) is -0.645. The maximum Gasteiger partial charge on any atom is 0.221 e. The third-order valence-corrected chi connectivity index (χ3v) is 3.44. The molecule has 0 aromatic heterocycles. The van der Waals surface area contributed by atoms with Crippen molar-refractivity contribution >= 4 is 26.0 Å². The van der Waals surface area contributed by atoms with Crippen LogP contribution in [-0.4, -0.2) is 30.8 Å². The summed E-state index contributed by atoms with van der Waals surface area (Å²) >= 11 is 2.79. The van der Waals surface area contributed by atoms with Crippen molar-refractivity contribution in [2.75, 3.05) is 11.2 Å². The number of rotatable bonds is 4. The standard InChI is InChI=1S/C4H10BrNO3S/c1-4(7)2-6-10(8,9)3-5/h4,6-7H,2-3H2,1H3/t4-/m0/s1. The molecule has 0 aliphatic heterocycles. The predicted molar refractivity (Wildman–Crippen MR) is 42.4 cm³/mol. The Morgan fingerprint density at radius 1 is 1.70 bits per heavy atom. The van der Waals surface area contributed by atoms with E-state index in [1.807, 2.05) is 0 Å². The molecule has 0 radical (unpaired) electrons. The van der Waals surface area contributed by atoms with Crippen molar-refractivity contribution in [1.29, 1.82) is 0 Å². The molecule has 62 valence electrons. The zero-order valence-corrected chi connectivity index (χ0v) is 7.94. The molecule has 0 amide bonds. The van der Waals surface area contributed by atoms with Crippen LogP contribution in [0, 0.1) is 0 Å². The second-order valence-electron chi connectivity index (χ2n) is 1.92. The minimum Gasteiger partial charge on any atom is -0.392 e. The SMILES string of the molecule is C[C@H](O)CNS(=O)(=O)CBr. The number of halogens is 1. The highest BCUT2D eigenvalue weighted by atomic mass is 79.9. The second-order valence-corrected chi connectivity index (χ2v) is 5.03. The molecule has 0 saturated carbocycles. The molecule has 2 N–H and O–H groups in total. The lowest BCUT2D eigenvalue weighted by Gasteiger charge is -2.04. The van der Waals surface area contributed by atoms with Gasteiger partial charge in [-0.1, -0.05) is 15.9 Å². The second kappa shape index (κ2) is 4.27. The van der Waals surface area contributed by atoms with Crippen LogP contribution in [0.25, 0.3) is 0 Å². The van der Waals surface area contributed by atoms with Gasteiger partial charge in [0.2, 0.25) is 10.0 Å². The van der Waals surface area contributed by atoms with Crippen molar-refractivity contribution in [3.05, 3.63) is 0 Å². The molecule has 0 fully saturated rings. The molecule has 0 heterocycles. The first-order chi connectivity index (χ1) is 4.48. The lowest BCUT2D eigenvalue weighted by molar-refractivity contribution is 0.198. The first-order valence-corrected chi connectivity index (χ1v) is 5.46. The number of nitrogens with one attached hydrogen (secondary N) is 1. The molecule has 0 spiro atoms. The van der Waals surface area contributed by atoms with Crippen molar-refractivity contribution in [3.63, 3.8) is 0 Å². The molecule has 0 bridgehead atoms. The van der Waals surface area contributed by atoms with Gasteiger partial charge in [0, 0.05) is 6.54 Å². The fourth-order valence-corrected chi connectivity index (χ4v) is 1.34. The summed E-state index contributed by atoms with van der Waals surface area (Å²) in [7, 11) is -3.21. The van der Waals surface area contributed by atoms with Crippen LogP contribution in [0.1, 0.15) is 6.92 Å². The highest BCUT2D eigenvalue weighted by Gasteiger charge is 2.07. The highest BCUT2D eigenvalue weighted by Crippen LogP contribution is 1.90. The minimum absolute atomic E-state index is 0.0634. The van der Waals surface area contributed by atoms with Gasteiger partial charge in [-0.25, -0.2) is 13.1 Å². The summed E-state index contributed by atoms with van der Waals surface area (Å²) in [5, 5.41) is 8.67. The molecule has 0 aliphatic carbocycles. The monoisotopic (exact) mass is 231 g/mol. The van der Waals surface area contributed by atoms with Crippen LogP contribution >= 0.6 is 15.9 Å². The van der Waals surface area contributed by atoms with E-state index in [-0.39, 0.29) is 11.2 Å². The third-order valence-electron chi connectivity index (χ3n) is 0.742. The molecule has 0 rings (SSSR count). The smallest absolute Gasteiger partial charge is 0.221 e. The molecule has 10 heavy (non-hydrogen) atoms. The molecule has 1 atom stereocenters. The van der Waals surface area contributed by atoms with Crippen LogP contribution in [0.15, 0.2) is 0 Å². The van der Waals surface area contributed by atoms with Gasteiger partial charge in [0.1, 0.15) is 4.66 Å². The Labute approximate surface area is 68.8 Å². The number of hydrogen-bond acceptors (Lipinski definition) is 3. The summed E-state index contributed by atoms with van der Waals surface area (Å²) in [4.78, 5) is 0. The van der Waals surface area contributed by atoms with Gasteiger partial charge in [0.15, 0.2) is 0 Å². The quantitative estimate of drug-likeness (QED) is 0.650. The highest BCUT2D eigenvalue weighted by molar-refractivity contribution is 9.10. The van der Waals surface area contributed by atoms with Crippen LogP contribution in [0.3, 0.4) is 0 Å². The van der Waals surface area contributed by atoms with Crippen LogP contribution < -0.4 is 4.72 Å². The predicted octanol–water partition coefficient (Wildman–Crippen LogP) is -0.361. The number of aliphatic hydroxyl groups excluding tert-OH is 1. The van der Waals surface area contributed by atoms with Crippen molar-refractivity contribution in [1.82, 2.24) is 4.72 Å². The van der Waals surface area contributed by atoms with Crippen molar-refractivity contribution < 1.29 is 13.5 Å². The van der Waals surface area contributed by atoms with E-state index < -0.39 is 16.1 Å². The fraction of sp³-hybridized carbons (Fsp3) is 1.00. The van der Waals surface area contributed by atoms with Crippen LogP contribution in [0.4, 0.5) is 0 Å².